The molecule has 0 bridgehead atoms. The molecule has 2 heterocycles. The Morgan fingerprint density at radius 3 is 2.53 bits per heavy atom. The first-order valence-electron chi connectivity index (χ1n) is 5.77. The summed E-state index contributed by atoms with van der Waals surface area (Å²) in [4.78, 5) is 4.27. The molecule has 1 aromatic carbocycles. The van der Waals surface area contributed by atoms with E-state index >= 15 is 0 Å². The quantitative estimate of drug-likeness (QED) is 0.738. The van der Waals surface area contributed by atoms with Crippen LogP contribution in [0.2, 0.25) is 0 Å². The van der Waals surface area contributed by atoms with E-state index in [2.05, 4.69) is 15.2 Å². The third-order valence-corrected chi connectivity index (χ3v) is 2.85. The molecule has 0 saturated heterocycles. The molecule has 0 spiro atoms. The number of benzene rings is 1. The first kappa shape index (κ1) is 11.4. The minimum absolute atomic E-state index is 0.282. The summed E-state index contributed by atoms with van der Waals surface area (Å²) in [5.74, 6) is 0.0913. The molecule has 3 N–H and O–H groups in total. The number of aromatic amines is 1. The number of nitrogen functional groups attached to an aromatic ring is 1. The van der Waals surface area contributed by atoms with Crippen molar-refractivity contribution in [2.75, 3.05) is 5.73 Å². The fraction of sp³-hybridized carbons (Fsp3) is 0. The van der Waals surface area contributed by atoms with Gasteiger partial charge in [-0.2, -0.15) is 5.10 Å². The molecule has 0 atom stereocenters. The van der Waals surface area contributed by atoms with Crippen molar-refractivity contribution in [2.45, 2.75) is 0 Å². The highest BCUT2D eigenvalue weighted by molar-refractivity contribution is 5.85. The maximum Gasteiger partial charge on any atom is 0.155 e. The average molecular weight is 254 g/mol. The highest BCUT2D eigenvalue weighted by Crippen LogP contribution is 2.33. The lowest BCUT2D eigenvalue weighted by molar-refractivity contribution is 0.628. The normalized spacial score (nSPS) is 10.6. The number of nitrogens with zero attached hydrogens (tertiary/aromatic N) is 2. The molecular weight excluding hydrogens is 243 g/mol. The highest BCUT2D eigenvalue weighted by atomic mass is 19.1. The van der Waals surface area contributed by atoms with Crippen LogP contribution in [0.1, 0.15) is 0 Å². The molecule has 19 heavy (non-hydrogen) atoms. The van der Waals surface area contributed by atoms with Crippen molar-refractivity contribution in [3.63, 3.8) is 0 Å². The smallest absolute Gasteiger partial charge is 0.155 e. The minimum atomic E-state index is -0.282. The highest BCUT2D eigenvalue weighted by Gasteiger charge is 2.15. The van der Waals surface area contributed by atoms with Gasteiger partial charge in [0.1, 0.15) is 5.82 Å². The van der Waals surface area contributed by atoms with Gasteiger partial charge in [0.05, 0.1) is 17.0 Å². The molecule has 4 nitrogen and oxygen atoms in total. The van der Waals surface area contributed by atoms with Crippen molar-refractivity contribution in [3.05, 3.63) is 54.5 Å². The summed E-state index contributed by atoms with van der Waals surface area (Å²) >= 11 is 0. The van der Waals surface area contributed by atoms with E-state index in [9.17, 15) is 4.39 Å². The predicted octanol–water partition coefficient (Wildman–Crippen LogP) is 2.86. The van der Waals surface area contributed by atoms with Gasteiger partial charge in [-0.1, -0.05) is 6.07 Å². The van der Waals surface area contributed by atoms with Crippen molar-refractivity contribution >= 4 is 5.82 Å². The van der Waals surface area contributed by atoms with Crippen LogP contribution in [0.15, 0.2) is 48.7 Å². The van der Waals surface area contributed by atoms with Crippen molar-refractivity contribution in [1.82, 2.24) is 15.2 Å². The van der Waals surface area contributed by atoms with Crippen LogP contribution in [0.4, 0.5) is 10.2 Å². The Morgan fingerprint density at radius 2 is 1.84 bits per heavy atom. The number of rotatable bonds is 2. The maximum absolute atomic E-state index is 13.0. The number of aromatic nitrogens is 3. The number of hydrogen-bond donors (Lipinski definition) is 2. The van der Waals surface area contributed by atoms with Crippen LogP contribution >= 0.6 is 0 Å². The lowest BCUT2D eigenvalue weighted by atomic mass is 10.0. The number of nitrogens with one attached hydrogen (secondary N) is 1. The van der Waals surface area contributed by atoms with Gasteiger partial charge < -0.3 is 5.73 Å². The van der Waals surface area contributed by atoms with E-state index in [4.69, 9.17) is 5.73 Å². The van der Waals surface area contributed by atoms with E-state index in [0.29, 0.717) is 5.82 Å². The zero-order chi connectivity index (χ0) is 13.2. The Balaban J connectivity index is 2.16. The van der Waals surface area contributed by atoms with Crippen molar-refractivity contribution in [1.29, 1.82) is 0 Å². The number of nitrogens with two attached hydrogens (primary N) is 1. The molecule has 0 unspecified atom stereocenters. The van der Waals surface area contributed by atoms with Gasteiger partial charge >= 0.3 is 0 Å². The summed E-state index contributed by atoms with van der Waals surface area (Å²) in [5.41, 5.74) is 8.89. The van der Waals surface area contributed by atoms with Crippen LogP contribution in [0.25, 0.3) is 22.5 Å². The Morgan fingerprint density at radius 1 is 1.05 bits per heavy atom. The summed E-state index contributed by atoms with van der Waals surface area (Å²) in [5, 5.41) is 6.88. The van der Waals surface area contributed by atoms with Gasteiger partial charge in [-0.15, -0.1) is 0 Å². The van der Waals surface area contributed by atoms with Gasteiger partial charge in [0.25, 0.3) is 0 Å². The summed E-state index contributed by atoms with van der Waals surface area (Å²) in [7, 11) is 0. The van der Waals surface area contributed by atoms with Gasteiger partial charge in [-0.05, 0) is 36.4 Å². The third-order valence-electron chi connectivity index (χ3n) is 2.85. The van der Waals surface area contributed by atoms with Gasteiger partial charge in [-0.3, -0.25) is 10.1 Å². The fourth-order valence-electron chi connectivity index (χ4n) is 1.95. The molecule has 0 fully saturated rings. The van der Waals surface area contributed by atoms with Crippen LogP contribution in [0.5, 0.6) is 0 Å². The molecule has 0 amide bonds. The summed E-state index contributed by atoms with van der Waals surface area (Å²) in [6.07, 6.45) is 1.69. The Kier molecular flexibility index (Phi) is 2.72. The summed E-state index contributed by atoms with van der Waals surface area (Å²) in [6, 6.07) is 11.7. The van der Waals surface area contributed by atoms with Crippen LogP contribution in [-0.4, -0.2) is 15.2 Å². The monoisotopic (exact) mass is 254 g/mol. The fourth-order valence-corrected chi connectivity index (χ4v) is 1.95. The second-order valence-electron chi connectivity index (χ2n) is 4.08. The van der Waals surface area contributed by atoms with Crippen molar-refractivity contribution in [2.24, 2.45) is 0 Å². The maximum atomic E-state index is 13.0. The molecule has 0 aliphatic carbocycles. The number of anilines is 1. The average Bonchev–Trinajstić information content (AvgIpc) is 2.82. The number of H-pyrrole nitrogens is 1. The second kappa shape index (κ2) is 4.53. The van der Waals surface area contributed by atoms with E-state index in [1.54, 1.807) is 18.3 Å². The molecule has 2 aromatic heterocycles. The number of pyridine rings is 1. The SMILES string of the molecule is Nc1n[nH]c(-c2ccc(F)cc2)c1-c1ccccn1. The molecule has 3 rings (SSSR count). The van der Waals surface area contributed by atoms with Crippen molar-refractivity contribution in [3.8, 4) is 22.5 Å². The predicted molar refractivity (Wildman–Crippen MR) is 71.6 cm³/mol. The first-order valence-corrected chi connectivity index (χ1v) is 5.77. The molecule has 0 aliphatic rings. The molecule has 94 valence electrons. The molecule has 0 aliphatic heterocycles. The lowest BCUT2D eigenvalue weighted by Gasteiger charge is -2.03. The Bertz CT molecular complexity index is 689. The van der Waals surface area contributed by atoms with Gasteiger partial charge in [0.2, 0.25) is 0 Å². The van der Waals surface area contributed by atoms with E-state index in [-0.39, 0.29) is 5.82 Å². The molecular formula is C14H11FN4. The van der Waals surface area contributed by atoms with Gasteiger partial charge in [0.15, 0.2) is 5.82 Å². The van der Waals surface area contributed by atoms with Crippen LogP contribution < -0.4 is 5.73 Å². The molecule has 0 radical (unpaired) electrons. The molecule has 0 saturated carbocycles. The first-order chi connectivity index (χ1) is 9.25. The zero-order valence-electron chi connectivity index (χ0n) is 9.97. The minimum Gasteiger partial charge on any atom is -0.382 e. The van der Waals surface area contributed by atoms with Gasteiger partial charge in [-0.25, -0.2) is 4.39 Å². The van der Waals surface area contributed by atoms with E-state index in [1.165, 1.54) is 12.1 Å². The molecule has 3 aromatic rings. The largest absolute Gasteiger partial charge is 0.382 e. The topological polar surface area (TPSA) is 67.6 Å². The Hall–Kier alpha value is -2.69. The van der Waals surface area contributed by atoms with Crippen LogP contribution in [-0.2, 0) is 0 Å². The lowest BCUT2D eigenvalue weighted by Crippen LogP contribution is -1.90. The number of hydrogen-bond acceptors (Lipinski definition) is 3. The third kappa shape index (κ3) is 2.06. The second-order valence-corrected chi connectivity index (χ2v) is 4.08. The standard InChI is InChI=1S/C14H11FN4/c15-10-6-4-9(5-7-10)13-12(14(16)19-18-13)11-3-1-2-8-17-11/h1-8H,(H3,16,18,19). The number of halogens is 1. The molecule has 5 heteroatoms. The Labute approximate surface area is 109 Å². The van der Waals surface area contributed by atoms with E-state index in [0.717, 1.165) is 22.5 Å². The van der Waals surface area contributed by atoms with Crippen LogP contribution in [0, 0.1) is 5.82 Å². The van der Waals surface area contributed by atoms with Crippen molar-refractivity contribution < 1.29 is 4.39 Å². The summed E-state index contributed by atoms with van der Waals surface area (Å²) < 4.78 is 13.0. The van der Waals surface area contributed by atoms with E-state index in [1.807, 2.05) is 18.2 Å². The zero-order valence-corrected chi connectivity index (χ0v) is 9.97. The van der Waals surface area contributed by atoms with E-state index < -0.39 is 0 Å². The van der Waals surface area contributed by atoms with Gasteiger partial charge in [0, 0.05) is 11.8 Å². The summed E-state index contributed by atoms with van der Waals surface area (Å²) in [6.45, 7) is 0. The van der Waals surface area contributed by atoms with Crippen LogP contribution in [0.3, 0.4) is 0 Å².